The second-order valence-corrected chi connectivity index (χ2v) is 7.41. The van der Waals surface area contributed by atoms with Crippen LogP contribution >= 0.6 is 39.1 Å². The fourth-order valence-corrected chi connectivity index (χ4v) is 2.96. The van der Waals surface area contributed by atoms with E-state index in [2.05, 4.69) is 31.8 Å². The van der Waals surface area contributed by atoms with Gasteiger partial charge in [-0.2, -0.15) is 5.10 Å². The molecule has 0 aliphatic rings. The molecule has 2 aromatic carbocycles. The highest BCUT2D eigenvalue weighted by Crippen LogP contribution is 2.27. The largest absolute Gasteiger partial charge is 0.492 e. The van der Waals surface area contributed by atoms with Crippen LogP contribution in [0.3, 0.4) is 0 Å². The van der Waals surface area contributed by atoms with Gasteiger partial charge in [0.1, 0.15) is 5.75 Å². The maximum atomic E-state index is 11.8. The number of nitrogens with one attached hydrogen (secondary N) is 2. The molecule has 0 aromatic heterocycles. The lowest BCUT2D eigenvalue weighted by molar-refractivity contribution is -0.126. The van der Waals surface area contributed by atoms with Crippen molar-refractivity contribution in [1.29, 1.82) is 0 Å². The van der Waals surface area contributed by atoms with Gasteiger partial charge < -0.3 is 10.1 Å². The van der Waals surface area contributed by atoms with Gasteiger partial charge in [-0.3, -0.25) is 9.59 Å². The van der Waals surface area contributed by atoms with Crippen LogP contribution in [0.4, 0.5) is 0 Å². The first-order valence-electron chi connectivity index (χ1n) is 8.36. The van der Waals surface area contributed by atoms with Crippen LogP contribution in [-0.4, -0.2) is 31.2 Å². The van der Waals surface area contributed by atoms with Crippen LogP contribution in [0.1, 0.15) is 18.4 Å². The summed E-state index contributed by atoms with van der Waals surface area (Å²) in [6.07, 6.45) is 2.22. The Morgan fingerprint density at radius 3 is 2.71 bits per heavy atom. The first-order chi connectivity index (χ1) is 13.4. The summed E-state index contributed by atoms with van der Waals surface area (Å²) in [7, 11) is 0. The zero-order valence-electron chi connectivity index (χ0n) is 14.8. The normalized spacial score (nSPS) is 10.7. The van der Waals surface area contributed by atoms with E-state index in [0.717, 1.165) is 10.0 Å². The van der Waals surface area contributed by atoms with E-state index in [4.69, 9.17) is 27.9 Å². The number of hydrogen-bond acceptors (Lipinski definition) is 4. The zero-order chi connectivity index (χ0) is 20.4. The quantitative estimate of drug-likeness (QED) is 0.317. The lowest BCUT2D eigenvalue weighted by atomic mass is 10.2. The van der Waals surface area contributed by atoms with Crippen LogP contribution < -0.4 is 15.5 Å². The summed E-state index contributed by atoms with van der Waals surface area (Å²) in [4.78, 5) is 23.5. The Labute approximate surface area is 181 Å². The minimum absolute atomic E-state index is 0.154. The van der Waals surface area contributed by atoms with Crippen molar-refractivity contribution >= 4 is 57.2 Å². The van der Waals surface area contributed by atoms with Crippen molar-refractivity contribution in [3.8, 4) is 5.75 Å². The monoisotopic (exact) mass is 485 g/mol. The first kappa shape index (κ1) is 22.2. The number of benzene rings is 2. The summed E-state index contributed by atoms with van der Waals surface area (Å²) in [6, 6.07) is 12.4. The maximum absolute atomic E-state index is 11.8. The summed E-state index contributed by atoms with van der Waals surface area (Å²) >= 11 is 15.2. The molecule has 0 unspecified atom stereocenters. The Balaban J connectivity index is 1.60. The number of amides is 2. The molecule has 0 radical (unpaired) electrons. The number of halogens is 3. The summed E-state index contributed by atoms with van der Waals surface area (Å²) in [5.74, 6) is -0.158. The van der Waals surface area contributed by atoms with E-state index in [1.807, 2.05) is 24.3 Å². The third-order valence-electron chi connectivity index (χ3n) is 3.40. The summed E-state index contributed by atoms with van der Waals surface area (Å²) in [5.41, 5.74) is 3.19. The first-order valence-corrected chi connectivity index (χ1v) is 9.91. The number of nitrogens with zero attached hydrogens (tertiary/aromatic N) is 1. The number of ether oxygens (including phenoxy) is 1. The van der Waals surface area contributed by atoms with Crippen molar-refractivity contribution in [3.63, 3.8) is 0 Å². The Morgan fingerprint density at radius 2 is 1.96 bits per heavy atom. The van der Waals surface area contributed by atoms with E-state index < -0.39 is 5.91 Å². The van der Waals surface area contributed by atoms with Crippen LogP contribution in [0.5, 0.6) is 5.75 Å². The lowest BCUT2D eigenvalue weighted by Crippen LogP contribution is -2.34. The molecule has 2 aromatic rings. The molecule has 0 fully saturated rings. The lowest BCUT2D eigenvalue weighted by Gasteiger charge is -2.08. The number of hydrogen-bond donors (Lipinski definition) is 2. The van der Waals surface area contributed by atoms with Gasteiger partial charge in [0.05, 0.1) is 24.4 Å². The minimum Gasteiger partial charge on any atom is -0.492 e. The van der Waals surface area contributed by atoms with Gasteiger partial charge in [0.25, 0.3) is 5.91 Å². The summed E-state index contributed by atoms with van der Waals surface area (Å²) < 4.78 is 6.41. The van der Waals surface area contributed by atoms with Crippen molar-refractivity contribution in [2.24, 2.45) is 5.10 Å². The van der Waals surface area contributed by atoms with Gasteiger partial charge >= 0.3 is 0 Å². The Hall–Kier alpha value is -2.09. The van der Waals surface area contributed by atoms with E-state index >= 15 is 0 Å². The molecule has 9 heteroatoms. The van der Waals surface area contributed by atoms with Gasteiger partial charge in [-0.15, -0.1) is 0 Å². The Kier molecular flexibility index (Phi) is 9.27. The van der Waals surface area contributed by atoms with Gasteiger partial charge in [-0.05, 0) is 42.3 Å². The molecule has 6 nitrogen and oxygen atoms in total. The molecule has 0 aliphatic carbocycles. The highest BCUT2D eigenvalue weighted by molar-refractivity contribution is 9.10. The average molecular weight is 487 g/mol. The summed E-state index contributed by atoms with van der Waals surface area (Å²) in [6.45, 7) is 0.163. The van der Waals surface area contributed by atoms with Crippen molar-refractivity contribution in [2.45, 2.75) is 12.8 Å². The molecular weight excluding hydrogens is 469 g/mol. The van der Waals surface area contributed by atoms with Crippen molar-refractivity contribution in [2.75, 3.05) is 13.2 Å². The van der Waals surface area contributed by atoms with E-state index in [1.165, 1.54) is 6.21 Å². The van der Waals surface area contributed by atoms with Crippen LogP contribution in [0.2, 0.25) is 10.0 Å². The number of hydrazone groups is 1. The molecule has 2 amide bonds. The predicted molar refractivity (Wildman–Crippen MR) is 114 cm³/mol. The molecule has 0 saturated carbocycles. The van der Waals surface area contributed by atoms with Gasteiger partial charge in [0, 0.05) is 15.9 Å². The van der Waals surface area contributed by atoms with Crippen molar-refractivity contribution in [3.05, 3.63) is 62.5 Å². The van der Waals surface area contributed by atoms with Crippen molar-refractivity contribution in [1.82, 2.24) is 10.7 Å². The standard InChI is InChI=1S/C19H18BrCl2N3O3/c20-14-4-1-3-13(9-14)11-24-25-19(27)12-23-18(26)5-2-8-28-17-7-6-15(21)10-16(17)22/h1,3-4,6-7,9-11H,2,5,8,12H2,(H,23,26)(H,25,27). The van der Waals surface area contributed by atoms with Crippen LogP contribution in [0.25, 0.3) is 0 Å². The smallest absolute Gasteiger partial charge is 0.259 e. The third-order valence-corrected chi connectivity index (χ3v) is 4.42. The van der Waals surface area contributed by atoms with Gasteiger partial charge in [0.2, 0.25) is 5.91 Å². The van der Waals surface area contributed by atoms with Crippen LogP contribution in [-0.2, 0) is 9.59 Å². The van der Waals surface area contributed by atoms with Crippen LogP contribution in [0.15, 0.2) is 52.0 Å². The molecule has 0 atom stereocenters. The van der Waals surface area contributed by atoms with Gasteiger partial charge in [-0.1, -0.05) is 51.3 Å². The van der Waals surface area contributed by atoms with Gasteiger partial charge in [0.15, 0.2) is 0 Å². The Morgan fingerprint density at radius 1 is 1.14 bits per heavy atom. The average Bonchev–Trinajstić information content (AvgIpc) is 2.65. The van der Waals surface area contributed by atoms with E-state index in [9.17, 15) is 9.59 Å². The second-order valence-electron chi connectivity index (χ2n) is 5.65. The molecule has 2 rings (SSSR count). The maximum Gasteiger partial charge on any atom is 0.259 e. The zero-order valence-corrected chi connectivity index (χ0v) is 17.9. The third kappa shape index (κ3) is 8.29. The van der Waals surface area contributed by atoms with Gasteiger partial charge in [-0.25, -0.2) is 5.43 Å². The van der Waals surface area contributed by atoms with Crippen LogP contribution in [0, 0.1) is 0 Å². The van der Waals surface area contributed by atoms with E-state index in [1.54, 1.807) is 18.2 Å². The predicted octanol–water partition coefficient (Wildman–Crippen LogP) is 4.18. The molecule has 2 N–H and O–H groups in total. The molecule has 0 heterocycles. The molecule has 0 spiro atoms. The minimum atomic E-state index is -0.413. The van der Waals surface area contributed by atoms with Crippen molar-refractivity contribution < 1.29 is 14.3 Å². The van der Waals surface area contributed by atoms with E-state index in [0.29, 0.717) is 28.8 Å². The highest BCUT2D eigenvalue weighted by atomic mass is 79.9. The number of carbonyl (C=O) groups excluding carboxylic acids is 2. The molecule has 28 heavy (non-hydrogen) atoms. The topological polar surface area (TPSA) is 79.8 Å². The molecule has 0 saturated heterocycles. The number of carbonyl (C=O) groups is 2. The summed E-state index contributed by atoms with van der Waals surface area (Å²) in [5, 5.41) is 7.31. The molecule has 148 valence electrons. The number of rotatable bonds is 9. The SMILES string of the molecule is O=C(CCCOc1ccc(Cl)cc1Cl)NCC(=O)NN=Cc1cccc(Br)c1. The Bertz CT molecular complexity index is 862. The fourth-order valence-electron chi connectivity index (χ4n) is 2.08. The highest BCUT2D eigenvalue weighted by Gasteiger charge is 2.06. The fraction of sp³-hybridized carbons (Fsp3) is 0.211. The molecule has 0 aliphatic heterocycles. The second kappa shape index (κ2) is 11.7. The molecular formula is C19H18BrCl2N3O3. The molecule has 0 bridgehead atoms. The van der Waals surface area contributed by atoms with E-state index in [-0.39, 0.29) is 18.9 Å².